The molecule has 1 aromatic rings. The molecule has 0 aliphatic heterocycles. The third-order valence-electron chi connectivity index (χ3n) is 2.47. The summed E-state index contributed by atoms with van der Waals surface area (Å²) in [5, 5.41) is 9.86. The zero-order valence-corrected chi connectivity index (χ0v) is 9.60. The zero-order valence-electron chi connectivity index (χ0n) is 9.60. The Kier molecular flexibility index (Phi) is 4.24. The lowest BCUT2D eigenvalue weighted by Gasteiger charge is -2.25. The molecule has 0 fully saturated rings. The molecule has 0 aliphatic rings. The lowest BCUT2D eigenvalue weighted by molar-refractivity contribution is -0.0190. The smallest absolute Gasteiger partial charge is 0.0647 e. The summed E-state index contributed by atoms with van der Waals surface area (Å²) in [4.78, 5) is 4.01. The van der Waals surface area contributed by atoms with Crippen LogP contribution in [-0.4, -0.2) is 28.9 Å². The van der Waals surface area contributed by atoms with Crippen molar-refractivity contribution >= 4 is 0 Å². The van der Waals surface area contributed by atoms with Gasteiger partial charge in [0.2, 0.25) is 0 Å². The summed E-state index contributed by atoms with van der Waals surface area (Å²) < 4.78 is 5.27. The van der Waals surface area contributed by atoms with Crippen LogP contribution in [0.1, 0.15) is 25.8 Å². The van der Waals surface area contributed by atoms with E-state index in [4.69, 9.17) is 4.74 Å². The largest absolute Gasteiger partial charge is 0.393 e. The molecule has 1 heterocycles. The summed E-state index contributed by atoms with van der Waals surface area (Å²) >= 11 is 0. The maximum Gasteiger partial charge on any atom is 0.0647 e. The predicted molar refractivity (Wildman–Crippen MR) is 59.7 cm³/mol. The SMILES string of the molecule is COC(C)(C)CC(O)Cc1cccnc1. The van der Waals surface area contributed by atoms with Gasteiger partial charge in [-0.15, -0.1) is 0 Å². The highest BCUT2D eigenvalue weighted by Gasteiger charge is 2.21. The molecule has 1 unspecified atom stereocenters. The third-order valence-corrected chi connectivity index (χ3v) is 2.47. The standard InChI is InChI=1S/C12H19NO2/c1-12(2,15-3)8-11(14)7-10-5-4-6-13-9-10/h4-6,9,11,14H,7-8H2,1-3H3. The van der Waals surface area contributed by atoms with Crippen LogP contribution in [0.2, 0.25) is 0 Å². The van der Waals surface area contributed by atoms with E-state index in [1.54, 1.807) is 19.5 Å². The van der Waals surface area contributed by atoms with Crippen molar-refractivity contribution in [1.29, 1.82) is 0 Å². The number of aromatic nitrogens is 1. The van der Waals surface area contributed by atoms with Gasteiger partial charge >= 0.3 is 0 Å². The average molecular weight is 209 g/mol. The van der Waals surface area contributed by atoms with Gasteiger partial charge < -0.3 is 9.84 Å². The van der Waals surface area contributed by atoms with Crippen LogP contribution < -0.4 is 0 Å². The molecule has 0 amide bonds. The zero-order chi connectivity index (χ0) is 11.3. The third kappa shape index (κ3) is 4.40. The van der Waals surface area contributed by atoms with Crippen LogP contribution >= 0.6 is 0 Å². The van der Waals surface area contributed by atoms with Gasteiger partial charge in [0.05, 0.1) is 11.7 Å². The molecule has 0 saturated carbocycles. The molecule has 3 nitrogen and oxygen atoms in total. The summed E-state index contributed by atoms with van der Waals surface area (Å²) in [6.45, 7) is 3.94. The fourth-order valence-corrected chi connectivity index (χ4v) is 1.51. The summed E-state index contributed by atoms with van der Waals surface area (Å²) in [5.41, 5.74) is 0.777. The molecule has 3 heteroatoms. The van der Waals surface area contributed by atoms with Gasteiger partial charge in [-0.3, -0.25) is 4.98 Å². The van der Waals surface area contributed by atoms with Gasteiger partial charge in [0.25, 0.3) is 0 Å². The number of nitrogens with zero attached hydrogens (tertiary/aromatic N) is 1. The molecule has 0 aromatic carbocycles. The second-order valence-electron chi connectivity index (χ2n) is 4.39. The average Bonchev–Trinajstić information content (AvgIpc) is 2.18. The van der Waals surface area contributed by atoms with Gasteiger partial charge in [0.1, 0.15) is 0 Å². The maximum atomic E-state index is 9.86. The van der Waals surface area contributed by atoms with Crippen LogP contribution in [0.4, 0.5) is 0 Å². The minimum absolute atomic E-state index is 0.276. The Labute approximate surface area is 91.1 Å². The van der Waals surface area contributed by atoms with Crippen molar-refractivity contribution in [2.24, 2.45) is 0 Å². The van der Waals surface area contributed by atoms with Gasteiger partial charge in [-0.05, 0) is 31.9 Å². The first-order valence-electron chi connectivity index (χ1n) is 5.15. The molecule has 1 rings (SSSR count). The predicted octanol–water partition coefficient (Wildman–Crippen LogP) is 1.80. The quantitative estimate of drug-likeness (QED) is 0.804. The van der Waals surface area contributed by atoms with E-state index in [2.05, 4.69) is 4.98 Å². The molecule has 0 spiro atoms. The van der Waals surface area contributed by atoms with Crippen molar-refractivity contribution in [3.05, 3.63) is 30.1 Å². The van der Waals surface area contributed by atoms with Crippen molar-refractivity contribution < 1.29 is 9.84 Å². The molecule has 84 valence electrons. The lowest BCUT2D eigenvalue weighted by Crippen LogP contribution is -2.29. The first-order valence-corrected chi connectivity index (χ1v) is 5.15. The van der Waals surface area contributed by atoms with Crippen molar-refractivity contribution in [2.75, 3.05) is 7.11 Å². The van der Waals surface area contributed by atoms with Gasteiger partial charge in [-0.2, -0.15) is 0 Å². The Hall–Kier alpha value is -0.930. The molecule has 0 radical (unpaired) electrons. The van der Waals surface area contributed by atoms with Crippen LogP contribution in [0, 0.1) is 0 Å². The molecular weight excluding hydrogens is 190 g/mol. The lowest BCUT2D eigenvalue weighted by atomic mass is 9.97. The van der Waals surface area contributed by atoms with Crippen LogP contribution in [0.15, 0.2) is 24.5 Å². The highest BCUT2D eigenvalue weighted by atomic mass is 16.5. The first kappa shape index (κ1) is 12.1. The van der Waals surface area contributed by atoms with E-state index in [1.807, 2.05) is 26.0 Å². The number of aliphatic hydroxyl groups is 1. The first-order chi connectivity index (χ1) is 7.03. The second kappa shape index (κ2) is 5.24. The van der Waals surface area contributed by atoms with Crippen molar-refractivity contribution in [1.82, 2.24) is 4.98 Å². The van der Waals surface area contributed by atoms with Gasteiger partial charge in [-0.1, -0.05) is 6.07 Å². The molecule has 0 bridgehead atoms. The summed E-state index contributed by atoms with van der Waals surface area (Å²) in [6.07, 6.45) is 4.38. The number of ether oxygens (including phenoxy) is 1. The van der Waals surface area contributed by atoms with Crippen LogP contribution in [0.5, 0.6) is 0 Å². The Balaban J connectivity index is 2.46. The van der Waals surface area contributed by atoms with E-state index in [-0.39, 0.29) is 11.7 Å². The van der Waals surface area contributed by atoms with Crippen LogP contribution in [0.25, 0.3) is 0 Å². The number of methoxy groups -OCH3 is 1. The molecule has 15 heavy (non-hydrogen) atoms. The number of rotatable bonds is 5. The van der Waals surface area contributed by atoms with Gasteiger partial charge in [0, 0.05) is 25.9 Å². The van der Waals surface area contributed by atoms with Gasteiger partial charge in [-0.25, -0.2) is 0 Å². The molecule has 0 aliphatic carbocycles. The summed E-state index contributed by atoms with van der Waals surface area (Å²) in [7, 11) is 1.66. The summed E-state index contributed by atoms with van der Waals surface area (Å²) in [6, 6.07) is 3.85. The number of hydrogen-bond donors (Lipinski definition) is 1. The van der Waals surface area contributed by atoms with E-state index in [0.717, 1.165) is 5.56 Å². The highest BCUT2D eigenvalue weighted by Crippen LogP contribution is 2.17. The Bertz CT molecular complexity index is 285. The van der Waals surface area contributed by atoms with Gasteiger partial charge in [0.15, 0.2) is 0 Å². The Morgan fingerprint density at radius 2 is 2.27 bits per heavy atom. The van der Waals surface area contributed by atoms with Crippen molar-refractivity contribution in [3.63, 3.8) is 0 Å². The normalized spacial score (nSPS) is 13.9. The number of pyridine rings is 1. The Morgan fingerprint density at radius 1 is 1.53 bits per heavy atom. The van der Waals surface area contributed by atoms with Crippen molar-refractivity contribution in [3.8, 4) is 0 Å². The fourth-order valence-electron chi connectivity index (χ4n) is 1.51. The number of hydrogen-bond acceptors (Lipinski definition) is 3. The molecule has 0 saturated heterocycles. The maximum absolute atomic E-state index is 9.86. The van der Waals surface area contributed by atoms with E-state index in [0.29, 0.717) is 12.8 Å². The number of aliphatic hydroxyl groups excluding tert-OH is 1. The Morgan fingerprint density at radius 3 is 2.80 bits per heavy atom. The van der Waals surface area contributed by atoms with E-state index in [9.17, 15) is 5.11 Å². The van der Waals surface area contributed by atoms with E-state index in [1.165, 1.54) is 0 Å². The molecular formula is C12H19NO2. The van der Waals surface area contributed by atoms with Crippen LogP contribution in [-0.2, 0) is 11.2 Å². The van der Waals surface area contributed by atoms with E-state index < -0.39 is 0 Å². The molecule has 1 atom stereocenters. The topological polar surface area (TPSA) is 42.4 Å². The molecule has 1 aromatic heterocycles. The fraction of sp³-hybridized carbons (Fsp3) is 0.583. The van der Waals surface area contributed by atoms with E-state index >= 15 is 0 Å². The molecule has 1 N–H and O–H groups in total. The summed E-state index contributed by atoms with van der Waals surface area (Å²) in [5.74, 6) is 0. The monoisotopic (exact) mass is 209 g/mol. The second-order valence-corrected chi connectivity index (χ2v) is 4.39. The minimum atomic E-state index is -0.385. The van der Waals surface area contributed by atoms with Crippen LogP contribution in [0.3, 0.4) is 0 Å². The minimum Gasteiger partial charge on any atom is -0.393 e. The highest BCUT2D eigenvalue weighted by molar-refractivity contribution is 5.09. The van der Waals surface area contributed by atoms with Crippen molar-refractivity contribution in [2.45, 2.75) is 38.4 Å².